The third-order valence-corrected chi connectivity index (χ3v) is 3.30. The summed E-state index contributed by atoms with van der Waals surface area (Å²) in [6, 6.07) is 6.77. The van der Waals surface area contributed by atoms with Crippen LogP contribution in [0.2, 0.25) is 0 Å². The van der Waals surface area contributed by atoms with Gasteiger partial charge in [-0.15, -0.1) is 0 Å². The zero-order valence-corrected chi connectivity index (χ0v) is 14.1. The van der Waals surface area contributed by atoms with E-state index in [1.54, 1.807) is 6.92 Å². The minimum absolute atomic E-state index is 0.0513. The number of rotatable bonds is 5. The topological polar surface area (TPSA) is 157 Å². The number of aryl methyl sites for hydroxylation is 1. The Labute approximate surface area is 151 Å². The van der Waals surface area contributed by atoms with E-state index in [0.717, 1.165) is 0 Å². The third kappa shape index (κ3) is 4.94. The maximum Gasteiger partial charge on any atom is 0.390 e. The first kappa shape index (κ1) is 18.7. The van der Waals surface area contributed by atoms with Crippen LogP contribution in [0.25, 0.3) is 0 Å². The Kier molecular flexibility index (Phi) is 5.74. The van der Waals surface area contributed by atoms with Crippen molar-refractivity contribution >= 4 is 40.4 Å². The minimum atomic E-state index is -0.650. The van der Waals surface area contributed by atoms with Crippen LogP contribution in [-0.2, 0) is 11.3 Å². The molecule has 1 aromatic heterocycles. The fourth-order valence-corrected chi connectivity index (χ4v) is 2.04. The zero-order chi connectivity index (χ0) is 19.3. The highest BCUT2D eigenvalue weighted by molar-refractivity contribution is 7.80. The number of benzene rings is 1. The lowest BCUT2D eigenvalue weighted by Gasteiger charge is -2.11. The summed E-state index contributed by atoms with van der Waals surface area (Å²) in [5.74, 6) is -0.877. The second-order valence-electron chi connectivity index (χ2n) is 4.99. The van der Waals surface area contributed by atoms with Crippen molar-refractivity contribution in [2.75, 3.05) is 5.32 Å². The molecule has 0 atom stereocenters. The molecule has 3 N–H and O–H groups in total. The van der Waals surface area contributed by atoms with Gasteiger partial charge in [0.15, 0.2) is 5.11 Å². The van der Waals surface area contributed by atoms with E-state index in [1.165, 1.54) is 35.0 Å². The summed E-state index contributed by atoms with van der Waals surface area (Å²) < 4.78 is 1.18. The van der Waals surface area contributed by atoms with Crippen molar-refractivity contribution in [3.63, 3.8) is 0 Å². The van der Waals surface area contributed by atoms with Crippen LogP contribution in [0, 0.1) is 27.2 Å². The molecule has 0 fully saturated rings. The molecule has 136 valence electrons. The molecule has 2 aromatic rings. The van der Waals surface area contributed by atoms with Gasteiger partial charge in [-0.3, -0.25) is 25.8 Å². The fraction of sp³-hybridized carbons (Fsp3) is 0.154. The highest BCUT2D eigenvalue weighted by atomic mass is 32.1. The number of aromatic nitrogens is 2. The average Bonchev–Trinajstić information content (AvgIpc) is 2.94. The molecule has 1 heterocycles. The largest absolute Gasteiger partial charge is 0.390 e. The predicted molar refractivity (Wildman–Crippen MR) is 94.2 cm³/mol. The lowest BCUT2D eigenvalue weighted by atomic mass is 10.3. The first-order chi connectivity index (χ1) is 12.3. The molecular weight excluding hydrogens is 366 g/mol. The summed E-state index contributed by atoms with van der Waals surface area (Å²) in [5.41, 5.74) is 5.64. The highest BCUT2D eigenvalue weighted by Gasteiger charge is 2.17. The second-order valence-corrected chi connectivity index (χ2v) is 5.40. The molecule has 0 bridgehead atoms. The summed E-state index contributed by atoms with van der Waals surface area (Å²) in [5, 5.41) is 27.7. The van der Waals surface area contributed by atoms with Gasteiger partial charge >= 0.3 is 5.82 Å². The summed E-state index contributed by atoms with van der Waals surface area (Å²) in [4.78, 5) is 31.9. The van der Waals surface area contributed by atoms with Gasteiger partial charge in [0, 0.05) is 17.8 Å². The lowest BCUT2D eigenvalue weighted by Crippen LogP contribution is -2.45. The molecule has 12 nitrogen and oxygen atoms in total. The lowest BCUT2D eigenvalue weighted by molar-refractivity contribution is -0.389. The van der Waals surface area contributed by atoms with Crippen LogP contribution in [-0.4, -0.2) is 30.6 Å². The molecule has 0 saturated carbocycles. The van der Waals surface area contributed by atoms with E-state index in [2.05, 4.69) is 21.3 Å². The van der Waals surface area contributed by atoms with Gasteiger partial charge in [-0.2, -0.15) is 4.68 Å². The number of amides is 1. The van der Waals surface area contributed by atoms with Gasteiger partial charge in [0.2, 0.25) is 0 Å². The molecule has 0 radical (unpaired) electrons. The minimum Gasteiger partial charge on any atom is -0.358 e. The van der Waals surface area contributed by atoms with Crippen molar-refractivity contribution in [2.24, 2.45) is 0 Å². The number of hydrogen-bond donors (Lipinski definition) is 3. The number of nitro groups is 2. The van der Waals surface area contributed by atoms with E-state index in [0.29, 0.717) is 11.4 Å². The van der Waals surface area contributed by atoms with Gasteiger partial charge < -0.3 is 15.4 Å². The maximum atomic E-state index is 11.9. The molecule has 0 saturated heterocycles. The molecule has 0 spiro atoms. The quantitative estimate of drug-likeness (QED) is 0.392. The fourth-order valence-electron chi connectivity index (χ4n) is 1.87. The molecule has 26 heavy (non-hydrogen) atoms. The number of nitrogens with zero attached hydrogens (tertiary/aromatic N) is 4. The van der Waals surface area contributed by atoms with Crippen LogP contribution >= 0.6 is 12.2 Å². The summed E-state index contributed by atoms with van der Waals surface area (Å²) in [6.07, 6.45) is 0. The van der Waals surface area contributed by atoms with Crippen LogP contribution in [0.1, 0.15) is 5.69 Å². The highest BCUT2D eigenvalue weighted by Crippen LogP contribution is 2.15. The van der Waals surface area contributed by atoms with Crippen LogP contribution < -0.4 is 16.2 Å². The number of nitro benzene ring substituents is 1. The van der Waals surface area contributed by atoms with Gasteiger partial charge in [-0.25, -0.2) is 0 Å². The number of nitrogens with one attached hydrogen (secondary N) is 3. The molecule has 0 aliphatic carbocycles. The van der Waals surface area contributed by atoms with E-state index in [-0.39, 0.29) is 23.2 Å². The molecule has 0 aliphatic rings. The van der Waals surface area contributed by atoms with Gasteiger partial charge in [-0.05, 0) is 36.2 Å². The predicted octanol–water partition coefficient (Wildman–Crippen LogP) is 1.03. The van der Waals surface area contributed by atoms with E-state index in [4.69, 9.17) is 12.2 Å². The molecule has 0 aliphatic heterocycles. The van der Waals surface area contributed by atoms with Gasteiger partial charge in [-0.1, -0.05) is 0 Å². The first-order valence-corrected chi connectivity index (χ1v) is 7.46. The summed E-state index contributed by atoms with van der Waals surface area (Å²) >= 11 is 4.99. The average molecular weight is 379 g/mol. The number of carbonyl (C=O) groups excluding carboxylic acids is 1. The van der Waals surface area contributed by atoms with Crippen molar-refractivity contribution in [2.45, 2.75) is 13.5 Å². The number of anilines is 1. The normalized spacial score (nSPS) is 10.0. The molecular formula is C13H13N7O5S. The molecule has 1 amide bonds. The molecule has 0 unspecified atom stereocenters. The number of carbonyl (C=O) groups is 1. The van der Waals surface area contributed by atoms with Crippen molar-refractivity contribution < 1.29 is 14.6 Å². The maximum absolute atomic E-state index is 11.9. The van der Waals surface area contributed by atoms with E-state index in [9.17, 15) is 25.0 Å². The van der Waals surface area contributed by atoms with Crippen molar-refractivity contribution in [1.82, 2.24) is 20.6 Å². The Balaban J connectivity index is 1.84. The van der Waals surface area contributed by atoms with Gasteiger partial charge in [0.25, 0.3) is 11.6 Å². The van der Waals surface area contributed by atoms with Crippen LogP contribution in [0.5, 0.6) is 0 Å². The van der Waals surface area contributed by atoms with E-state index >= 15 is 0 Å². The van der Waals surface area contributed by atoms with Gasteiger partial charge in [0.05, 0.1) is 21.8 Å². The monoisotopic (exact) mass is 379 g/mol. The standard InChI is InChI=1S/C13H13N7O5S/c1-8-6-11(20(24)25)17-18(8)7-12(21)15-16-13(26)14-9-2-4-10(5-3-9)19(22)23/h2-6H,7H2,1H3,(H,15,21)(H2,14,16,26). The number of non-ortho nitro benzene ring substituents is 1. The van der Waals surface area contributed by atoms with Crippen LogP contribution in [0.15, 0.2) is 30.3 Å². The third-order valence-electron chi connectivity index (χ3n) is 3.10. The SMILES string of the molecule is Cc1cc([N+](=O)[O-])nn1CC(=O)NNC(=S)Nc1ccc([N+](=O)[O-])cc1. The Morgan fingerprint density at radius 2 is 1.85 bits per heavy atom. The second kappa shape index (κ2) is 7.98. The van der Waals surface area contributed by atoms with Crippen molar-refractivity contribution in [3.8, 4) is 0 Å². The van der Waals surface area contributed by atoms with Crippen LogP contribution in [0.3, 0.4) is 0 Å². The smallest absolute Gasteiger partial charge is 0.358 e. The van der Waals surface area contributed by atoms with E-state index in [1.807, 2.05) is 0 Å². The molecule has 1 aromatic carbocycles. The number of hydrazine groups is 1. The van der Waals surface area contributed by atoms with Gasteiger partial charge in [0.1, 0.15) is 6.54 Å². The summed E-state index contributed by atoms with van der Waals surface area (Å²) in [7, 11) is 0. The zero-order valence-electron chi connectivity index (χ0n) is 13.3. The molecule has 2 rings (SSSR count). The first-order valence-electron chi connectivity index (χ1n) is 7.05. The Hall–Kier alpha value is -3.61. The Morgan fingerprint density at radius 3 is 2.38 bits per heavy atom. The Morgan fingerprint density at radius 1 is 1.19 bits per heavy atom. The molecule has 13 heteroatoms. The summed E-state index contributed by atoms with van der Waals surface area (Å²) in [6.45, 7) is 1.34. The van der Waals surface area contributed by atoms with Crippen molar-refractivity contribution in [3.05, 3.63) is 56.3 Å². The number of thiocarbonyl (C=S) groups is 1. The van der Waals surface area contributed by atoms with Crippen molar-refractivity contribution in [1.29, 1.82) is 0 Å². The van der Waals surface area contributed by atoms with Crippen LogP contribution in [0.4, 0.5) is 17.2 Å². The Bertz CT molecular complexity index is 864. The van der Waals surface area contributed by atoms with E-state index < -0.39 is 15.8 Å². The number of hydrogen-bond acceptors (Lipinski definition) is 7.